The summed E-state index contributed by atoms with van der Waals surface area (Å²) in [6.07, 6.45) is 1.79. The minimum atomic E-state index is -0.739. The lowest BCUT2D eigenvalue weighted by Gasteiger charge is -2.23. The lowest BCUT2D eigenvalue weighted by Crippen LogP contribution is -2.37. The van der Waals surface area contributed by atoms with Gasteiger partial charge in [0, 0.05) is 19.0 Å². The molecule has 1 aliphatic heterocycles. The van der Waals surface area contributed by atoms with Crippen LogP contribution >= 0.6 is 0 Å². The van der Waals surface area contributed by atoms with E-state index >= 15 is 0 Å². The molecule has 23 heavy (non-hydrogen) atoms. The molecule has 3 atom stereocenters. The minimum absolute atomic E-state index is 0.0377. The summed E-state index contributed by atoms with van der Waals surface area (Å²) in [5.41, 5.74) is 1.52. The topological polar surface area (TPSA) is 56.5 Å². The zero-order valence-electron chi connectivity index (χ0n) is 14.0. The molecule has 2 aliphatic rings. The Kier molecular flexibility index (Phi) is 3.97. The molecule has 1 amide bonds. The highest BCUT2D eigenvalue weighted by Crippen LogP contribution is 2.69. The van der Waals surface area contributed by atoms with Crippen molar-refractivity contribution in [1.29, 1.82) is 5.26 Å². The van der Waals surface area contributed by atoms with Gasteiger partial charge in [-0.25, -0.2) is 0 Å². The van der Waals surface area contributed by atoms with Gasteiger partial charge in [-0.05, 0) is 25.3 Å². The molecular formula is C19H23N3O. The molecular weight excluding hydrogens is 286 g/mol. The zero-order valence-corrected chi connectivity index (χ0v) is 14.0. The average molecular weight is 309 g/mol. The molecule has 1 heterocycles. The second-order valence-corrected chi connectivity index (χ2v) is 6.54. The first kappa shape index (κ1) is 15.7. The van der Waals surface area contributed by atoms with Gasteiger partial charge in [0.2, 0.25) is 5.91 Å². The first-order valence-electron chi connectivity index (χ1n) is 8.45. The van der Waals surface area contributed by atoms with E-state index in [9.17, 15) is 10.1 Å². The van der Waals surface area contributed by atoms with Crippen molar-refractivity contribution in [3.05, 3.63) is 35.4 Å². The lowest BCUT2D eigenvalue weighted by molar-refractivity contribution is -0.127. The molecule has 1 saturated carbocycles. The van der Waals surface area contributed by atoms with E-state index in [0.29, 0.717) is 18.9 Å². The number of aryl methyl sites for hydroxylation is 1. The van der Waals surface area contributed by atoms with Crippen LogP contribution in [0.2, 0.25) is 0 Å². The van der Waals surface area contributed by atoms with Gasteiger partial charge in [-0.3, -0.25) is 14.7 Å². The maximum atomic E-state index is 12.8. The second-order valence-electron chi connectivity index (χ2n) is 6.54. The molecule has 0 N–H and O–H groups in total. The molecule has 3 rings (SSSR count). The van der Waals surface area contributed by atoms with Gasteiger partial charge in [0.1, 0.15) is 11.3 Å². The fourth-order valence-electron chi connectivity index (χ4n) is 3.79. The summed E-state index contributed by atoms with van der Waals surface area (Å²) in [6, 6.07) is 10.7. The number of carbonyl (C=O) groups excluding carboxylic acids is 1. The molecule has 4 nitrogen and oxygen atoms in total. The Hall–Kier alpha value is -2.15. The predicted octanol–water partition coefficient (Wildman–Crippen LogP) is 3.28. The zero-order chi connectivity index (χ0) is 16.6. The number of hydrogen-bond acceptors (Lipinski definition) is 3. The van der Waals surface area contributed by atoms with Crippen LogP contribution in [0.3, 0.4) is 0 Å². The van der Waals surface area contributed by atoms with Gasteiger partial charge in [-0.1, -0.05) is 43.7 Å². The first-order valence-corrected chi connectivity index (χ1v) is 8.45. The number of aliphatic imine (C=N–C) groups is 1. The van der Waals surface area contributed by atoms with E-state index in [1.54, 1.807) is 4.90 Å². The van der Waals surface area contributed by atoms with E-state index in [0.717, 1.165) is 18.4 Å². The fraction of sp³-hybridized carbons (Fsp3) is 0.526. The Morgan fingerprint density at radius 3 is 2.48 bits per heavy atom. The Labute approximate surface area is 137 Å². The highest BCUT2D eigenvalue weighted by molar-refractivity contribution is 6.17. The smallest absolute Gasteiger partial charge is 0.233 e. The van der Waals surface area contributed by atoms with Crippen LogP contribution in [0.5, 0.6) is 0 Å². The summed E-state index contributed by atoms with van der Waals surface area (Å²) in [5, 5.41) is 9.92. The van der Waals surface area contributed by atoms with Crippen LogP contribution in [0, 0.1) is 29.6 Å². The fourth-order valence-corrected chi connectivity index (χ4v) is 3.79. The largest absolute Gasteiger partial charge is 0.299 e. The normalized spacial score (nSPS) is 30.4. The van der Waals surface area contributed by atoms with Crippen molar-refractivity contribution in [2.75, 3.05) is 13.1 Å². The number of carbonyl (C=O) groups is 1. The quantitative estimate of drug-likeness (QED) is 0.838. The number of benzene rings is 1. The number of nitrogens with zero attached hydrogens (tertiary/aromatic N) is 3. The van der Waals surface area contributed by atoms with Gasteiger partial charge in [0.25, 0.3) is 0 Å². The van der Waals surface area contributed by atoms with Crippen LogP contribution in [-0.4, -0.2) is 29.7 Å². The van der Waals surface area contributed by atoms with E-state index in [4.69, 9.17) is 0 Å². The number of fused-ring (bicyclic) bond motifs is 1. The van der Waals surface area contributed by atoms with Crippen LogP contribution in [0.4, 0.5) is 0 Å². The molecule has 2 fully saturated rings. The number of likely N-dealkylation sites (tertiary alicyclic amines) is 1. The number of piperidine rings is 1. The van der Waals surface area contributed by atoms with Crippen LogP contribution in [0.1, 0.15) is 43.7 Å². The Morgan fingerprint density at radius 1 is 1.22 bits per heavy atom. The van der Waals surface area contributed by atoms with Crippen molar-refractivity contribution in [2.45, 2.75) is 39.5 Å². The molecule has 0 bridgehead atoms. The molecule has 0 aromatic heterocycles. The number of rotatable bonds is 5. The van der Waals surface area contributed by atoms with E-state index in [-0.39, 0.29) is 17.7 Å². The van der Waals surface area contributed by atoms with Gasteiger partial charge in [-0.15, -0.1) is 0 Å². The third-order valence-corrected chi connectivity index (χ3v) is 4.92. The van der Waals surface area contributed by atoms with Gasteiger partial charge in [0.15, 0.2) is 0 Å². The number of amides is 1. The highest BCUT2D eigenvalue weighted by atomic mass is 16.2. The molecule has 4 heteroatoms. The van der Waals surface area contributed by atoms with E-state index in [2.05, 4.69) is 18.0 Å². The lowest BCUT2D eigenvalue weighted by atomic mass is 9.98. The van der Waals surface area contributed by atoms with Crippen molar-refractivity contribution in [2.24, 2.45) is 16.3 Å². The number of hydrogen-bond donors (Lipinski definition) is 0. The van der Waals surface area contributed by atoms with Crippen LogP contribution < -0.4 is 0 Å². The van der Waals surface area contributed by atoms with Gasteiger partial charge in [0.05, 0.1) is 12.0 Å². The maximum Gasteiger partial charge on any atom is 0.233 e. The Bertz CT molecular complexity index is 686. The van der Waals surface area contributed by atoms with E-state index < -0.39 is 5.41 Å². The van der Waals surface area contributed by atoms with Crippen molar-refractivity contribution in [1.82, 2.24) is 4.90 Å². The molecule has 0 unspecified atom stereocenters. The van der Waals surface area contributed by atoms with Crippen LogP contribution in [-0.2, 0) is 4.79 Å². The second kappa shape index (κ2) is 5.81. The summed E-state index contributed by atoms with van der Waals surface area (Å²) in [7, 11) is 0. The molecule has 120 valence electrons. The third-order valence-electron chi connectivity index (χ3n) is 4.92. The van der Waals surface area contributed by atoms with Crippen LogP contribution in [0.25, 0.3) is 0 Å². The monoisotopic (exact) mass is 309 g/mol. The van der Waals surface area contributed by atoms with Gasteiger partial charge < -0.3 is 0 Å². The predicted molar refractivity (Wildman–Crippen MR) is 90.1 cm³/mol. The average Bonchev–Trinajstić information content (AvgIpc) is 3.17. The molecule has 1 aliphatic carbocycles. The Balaban J connectivity index is 2.01. The summed E-state index contributed by atoms with van der Waals surface area (Å²) in [4.78, 5) is 19.2. The summed E-state index contributed by atoms with van der Waals surface area (Å²) in [5.74, 6) is 0.500. The molecule has 0 spiro atoms. The molecule has 1 aromatic carbocycles. The van der Waals surface area contributed by atoms with Gasteiger partial charge >= 0.3 is 0 Å². The summed E-state index contributed by atoms with van der Waals surface area (Å²) in [6.45, 7) is 7.47. The minimum Gasteiger partial charge on any atom is -0.299 e. The molecule has 1 saturated heterocycles. The van der Waals surface area contributed by atoms with Crippen molar-refractivity contribution >= 4 is 11.7 Å². The van der Waals surface area contributed by atoms with Crippen molar-refractivity contribution in [3.63, 3.8) is 0 Å². The standard InChI is InChI=1S/C19H23N3O/c1-4-10-21-18-19(12-20)15(14-8-6-13(3)7-9-14)16(19)17(23)22(18)11-5-2/h6-9,15-16H,4-5,10-11H2,1-3H3/t15-,16+,19+/m1/s1. The van der Waals surface area contributed by atoms with Crippen molar-refractivity contribution < 1.29 is 4.79 Å². The third kappa shape index (κ3) is 2.18. The highest BCUT2D eigenvalue weighted by Gasteiger charge is 2.78. The SMILES string of the molecule is CCCN=C1N(CCC)C(=O)[C@@H]2[C@@H](c3ccc(C)cc3)[C@]12C#N. The number of nitriles is 1. The first-order chi connectivity index (χ1) is 11.1. The Morgan fingerprint density at radius 2 is 1.91 bits per heavy atom. The summed E-state index contributed by atoms with van der Waals surface area (Å²) < 4.78 is 0. The molecule has 0 radical (unpaired) electrons. The summed E-state index contributed by atoms with van der Waals surface area (Å²) >= 11 is 0. The van der Waals surface area contributed by atoms with Crippen molar-refractivity contribution in [3.8, 4) is 6.07 Å². The van der Waals surface area contributed by atoms with E-state index in [1.807, 2.05) is 38.1 Å². The number of amidine groups is 1. The van der Waals surface area contributed by atoms with Gasteiger partial charge in [-0.2, -0.15) is 5.26 Å². The van der Waals surface area contributed by atoms with E-state index in [1.165, 1.54) is 5.56 Å². The molecule has 1 aromatic rings. The van der Waals surface area contributed by atoms with Crippen LogP contribution in [0.15, 0.2) is 29.3 Å². The maximum absolute atomic E-state index is 12.8.